The Morgan fingerprint density at radius 3 is 2.95 bits per heavy atom. The molecule has 2 rings (SSSR count). The summed E-state index contributed by atoms with van der Waals surface area (Å²) in [5.41, 5.74) is 0. The van der Waals surface area contributed by atoms with Gasteiger partial charge in [-0.05, 0) is 12.1 Å². The standard InChI is InChI=1S/C13H15N3O3/c1-16(8-12-14-6-7-15-12)13(18)9-19-11-5-3-2-4-10(11)17/h2-7,17H,8-9H2,1H3,(H,14,15). The number of likely N-dealkylation sites (N-methyl/N-ethyl adjacent to an activating group) is 1. The summed E-state index contributed by atoms with van der Waals surface area (Å²) >= 11 is 0. The fraction of sp³-hybridized carbons (Fsp3) is 0.231. The van der Waals surface area contributed by atoms with Crippen LogP contribution < -0.4 is 4.74 Å². The van der Waals surface area contributed by atoms with Crippen LogP contribution in [-0.2, 0) is 11.3 Å². The number of aromatic nitrogens is 2. The van der Waals surface area contributed by atoms with Gasteiger partial charge in [-0.15, -0.1) is 0 Å². The Hall–Kier alpha value is -2.50. The number of carbonyl (C=O) groups excluding carboxylic acids is 1. The Bertz CT molecular complexity index is 540. The van der Waals surface area contributed by atoms with Crippen molar-refractivity contribution in [2.24, 2.45) is 0 Å². The van der Waals surface area contributed by atoms with Gasteiger partial charge in [0.05, 0.1) is 6.54 Å². The van der Waals surface area contributed by atoms with Gasteiger partial charge in [-0.1, -0.05) is 12.1 Å². The lowest BCUT2D eigenvalue weighted by molar-refractivity contribution is -0.132. The number of phenolic OH excluding ortho intramolecular Hbond substituents is 1. The van der Waals surface area contributed by atoms with Gasteiger partial charge in [-0.25, -0.2) is 4.98 Å². The van der Waals surface area contributed by atoms with Gasteiger partial charge in [0.15, 0.2) is 18.1 Å². The van der Waals surface area contributed by atoms with Crippen molar-refractivity contribution in [3.63, 3.8) is 0 Å². The summed E-state index contributed by atoms with van der Waals surface area (Å²) in [5, 5.41) is 9.50. The molecule has 1 amide bonds. The summed E-state index contributed by atoms with van der Waals surface area (Å²) in [7, 11) is 1.67. The lowest BCUT2D eigenvalue weighted by atomic mass is 10.3. The molecule has 0 fully saturated rings. The van der Waals surface area contributed by atoms with Crippen molar-refractivity contribution in [3.05, 3.63) is 42.5 Å². The highest BCUT2D eigenvalue weighted by Crippen LogP contribution is 2.24. The molecule has 0 unspecified atom stereocenters. The minimum atomic E-state index is -0.195. The molecule has 0 saturated heterocycles. The summed E-state index contributed by atoms with van der Waals surface area (Å²) in [6.07, 6.45) is 3.33. The summed E-state index contributed by atoms with van der Waals surface area (Å²) in [6, 6.07) is 6.53. The van der Waals surface area contributed by atoms with Crippen LogP contribution in [0.25, 0.3) is 0 Å². The molecule has 100 valence electrons. The maximum Gasteiger partial charge on any atom is 0.260 e. The fourth-order valence-corrected chi connectivity index (χ4v) is 1.53. The summed E-state index contributed by atoms with van der Waals surface area (Å²) in [5.74, 6) is 0.823. The van der Waals surface area contributed by atoms with Crippen LogP contribution in [0, 0.1) is 0 Å². The molecule has 19 heavy (non-hydrogen) atoms. The highest BCUT2D eigenvalue weighted by atomic mass is 16.5. The van der Waals surface area contributed by atoms with E-state index >= 15 is 0 Å². The summed E-state index contributed by atoms with van der Waals surface area (Å²) in [6.45, 7) is 0.255. The maximum atomic E-state index is 11.8. The second kappa shape index (κ2) is 5.90. The molecule has 1 heterocycles. The Kier molecular flexibility index (Phi) is 4.02. The molecule has 0 radical (unpaired) electrons. The van der Waals surface area contributed by atoms with E-state index in [0.29, 0.717) is 18.1 Å². The third-order valence-electron chi connectivity index (χ3n) is 2.58. The second-order valence-electron chi connectivity index (χ2n) is 4.04. The van der Waals surface area contributed by atoms with Crippen molar-refractivity contribution in [3.8, 4) is 11.5 Å². The highest BCUT2D eigenvalue weighted by Gasteiger charge is 2.12. The summed E-state index contributed by atoms with van der Waals surface area (Å²) < 4.78 is 5.27. The first-order valence-corrected chi connectivity index (χ1v) is 5.80. The van der Waals surface area contributed by atoms with Crippen molar-refractivity contribution in [2.45, 2.75) is 6.54 Å². The van der Waals surface area contributed by atoms with E-state index in [-0.39, 0.29) is 18.3 Å². The molecule has 0 aliphatic carbocycles. The predicted octanol–water partition coefficient (Wildman–Crippen LogP) is 1.15. The SMILES string of the molecule is CN(Cc1ncc[nH]1)C(=O)COc1ccccc1O. The zero-order chi connectivity index (χ0) is 13.7. The number of ether oxygens (including phenoxy) is 1. The first kappa shape index (κ1) is 12.9. The van der Waals surface area contributed by atoms with Gasteiger partial charge in [-0.3, -0.25) is 4.79 Å². The van der Waals surface area contributed by atoms with Gasteiger partial charge >= 0.3 is 0 Å². The Balaban J connectivity index is 1.86. The minimum Gasteiger partial charge on any atom is -0.504 e. The van der Waals surface area contributed by atoms with Gasteiger partial charge in [0.25, 0.3) is 5.91 Å². The number of nitrogens with one attached hydrogen (secondary N) is 1. The number of para-hydroxylation sites is 2. The van der Waals surface area contributed by atoms with Crippen molar-refractivity contribution in [2.75, 3.05) is 13.7 Å². The van der Waals surface area contributed by atoms with E-state index < -0.39 is 0 Å². The van der Waals surface area contributed by atoms with Crippen molar-refractivity contribution >= 4 is 5.91 Å². The molecule has 6 heteroatoms. The number of benzene rings is 1. The topological polar surface area (TPSA) is 78.5 Å². The Morgan fingerprint density at radius 1 is 1.47 bits per heavy atom. The monoisotopic (exact) mass is 261 g/mol. The predicted molar refractivity (Wildman–Crippen MR) is 68.7 cm³/mol. The van der Waals surface area contributed by atoms with Crippen molar-refractivity contribution in [1.29, 1.82) is 0 Å². The number of rotatable bonds is 5. The molecule has 0 spiro atoms. The average molecular weight is 261 g/mol. The number of hydrogen-bond donors (Lipinski definition) is 2. The highest BCUT2D eigenvalue weighted by molar-refractivity contribution is 5.77. The third-order valence-corrected chi connectivity index (χ3v) is 2.58. The number of H-pyrrole nitrogens is 1. The molecular formula is C13H15N3O3. The lowest BCUT2D eigenvalue weighted by Gasteiger charge is -2.16. The molecule has 0 atom stereocenters. The molecule has 0 aliphatic rings. The van der Waals surface area contributed by atoms with Crippen LogP contribution in [-0.4, -0.2) is 39.5 Å². The first-order chi connectivity index (χ1) is 9.16. The van der Waals surface area contributed by atoms with E-state index in [4.69, 9.17) is 4.74 Å². The molecule has 1 aromatic carbocycles. The van der Waals surface area contributed by atoms with Gasteiger partial charge in [0.2, 0.25) is 0 Å². The molecule has 2 N–H and O–H groups in total. The second-order valence-corrected chi connectivity index (χ2v) is 4.04. The molecule has 2 aromatic rings. The van der Waals surface area contributed by atoms with E-state index in [9.17, 15) is 9.90 Å². The average Bonchev–Trinajstić information content (AvgIpc) is 2.90. The minimum absolute atomic E-state index is 0.0176. The van der Waals surface area contributed by atoms with Crippen molar-refractivity contribution < 1.29 is 14.6 Å². The zero-order valence-electron chi connectivity index (χ0n) is 10.5. The van der Waals surface area contributed by atoms with Crippen LogP contribution in [0.5, 0.6) is 11.5 Å². The van der Waals surface area contributed by atoms with Crippen LogP contribution in [0.2, 0.25) is 0 Å². The number of hydrogen-bond acceptors (Lipinski definition) is 4. The lowest BCUT2D eigenvalue weighted by Crippen LogP contribution is -2.31. The van der Waals surface area contributed by atoms with Gasteiger partial charge < -0.3 is 19.7 Å². The van der Waals surface area contributed by atoms with Crippen LogP contribution in [0.4, 0.5) is 0 Å². The number of imidazole rings is 1. The van der Waals surface area contributed by atoms with E-state index in [1.165, 1.54) is 11.0 Å². The zero-order valence-corrected chi connectivity index (χ0v) is 10.5. The van der Waals surface area contributed by atoms with E-state index in [0.717, 1.165) is 0 Å². The van der Waals surface area contributed by atoms with Gasteiger partial charge in [-0.2, -0.15) is 0 Å². The van der Waals surface area contributed by atoms with Crippen LogP contribution in [0.15, 0.2) is 36.7 Å². The quantitative estimate of drug-likeness (QED) is 0.846. The molecule has 0 bridgehead atoms. The molecular weight excluding hydrogens is 246 g/mol. The largest absolute Gasteiger partial charge is 0.504 e. The number of aromatic hydroxyl groups is 1. The summed E-state index contributed by atoms with van der Waals surface area (Å²) in [4.78, 5) is 20.3. The van der Waals surface area contributed by atoms with E-state index in [1.807, 2.05) is 0 Å². The smallest absolute Gasteiger partial charge is 0.260 e. The fourth-order valence-electron chi connectivity index (χ4n) is 1.53. The van der Waals surface area contributed by atoms with Crippen LogP contribution in [0.3, 0.4) is 0 Å². The number of aromatic amines is 1. The third kappa shape index (κ3) is 3.48. The van der Waals surface area contributed by atoms with Crippen LogP contribution >= 0.6 is 0 Å². The maximum absolute atomic E-state index is 11.8. The normalized spacial score (nSPS) is 10.2. The first-order valence-electron chi connectivity index (χ1n) is 5.80. The number of nitrogens with zero attached hydrogens (tertiary/aromatic N) is 2. The molecule has 1 aromatic heterocycles. The van der Waals surface area contributed by atoms with Gasteiger partial charge in [0, 0.05) is 19.4 Å². The number of phenols is 1. The van der Waals surface area contributed by atoms with Gasteiger partial charge in [0.1, 0.15) is 5.82 Å². The Labute approximate surface area is 110 Å². The van der Waals surface area contributed by atoms with Crippen molar-refractivity contribution in [1.82, 2.24) is 14.9 Å². The van der Waals surface area contributed by atoms with E-state index in [2.05, 4.69) is 9.97 Å². The Morgan fingerprint density at radius 2 is 2.26 bits per heavy atom. The number of carbonyl (C=O) groups is 1. The molecule has 0 aliphatic heterocycles. The molecule has 6 nitrogen and oxygen atoms in total. The molecule has 0 saturated carbocycles. The van der Waals surface area contributed by atoms with Crippen LogP contribution in [0.1, 0.15) is 5.82 Å². The number of amides is 1. The van der Waals surface area contributed by atoms with E-state index in [1.54, 1.807) is 37.6 Å².